The van der Waals surface area contributed by atoms with E-state index in [4.69, 9.17) is 15.5 Å². The molecule has 0 aromatic rings. The van der Waals surface area contributed by atoms with Crippen LogP contribution < -0.4 is 11.2 Å². The van der Waals surface area contributed by atoms with Gasteiger partial charge in [-0.2, -0.15) is 10.1 Å². The van der Waals surface area contributed by atoms with E-state index in [1.165, 1.54) is 0 Å². The Morgan fingerprint density at radius 2 is 2.09 bits per heavy atom. The quantitative estimate of drug-likeness (QED) is 0.207. The fourth-order valence-corrected chi connectivity index (χ4v) is 0.448. The Morgan fingerprint density at radius 3 is 2.36 bits per heavy atom. The molecule has 0 rings (SSSR count). The topological polar surface area (TPSA) is 105 Å². The van der Waals surface area contributed by atoms with Crippen LogP contribution in [0.5, 0.6) is 0 Å². The molecule has 0 aromatic carbocycles. The van der Waals surface area contributed by atoms with Crippen molar-refractivity contribution in [3.63, 3.8) is 0 Å². The Kier molecular flexibility index (Phi) is 15.8. The first-order chi connectivity index (χ1) is 4.06. The van der Waals surface area contributed by atoms with Crippen molar-refractivity contribution in [3.8, 4) is 0 Å². The molecule has 0 bridgehead atoms. The monoisotopic (exact) mass is 246 g/mol. The molecule has 0 spiro atoms. The second-order valence-electron chi connectivity index (χ2n) is 1.26. The summed E-state index contributed by atoms with van der Waals surface area (Å²) < 4.78 is 13.7. The van der Waals surface area contributed by atoms with Crippen LogP contribution in [0.15, 0.2) is 0 Å². The van der Waals surface area contributed by atoms with Gasteiger partial charge < -0.3 is 18.4 Å². The molecule has 0 radical (unpaired) electrons. The maximum Gasteiger partial charge on any atom is 2.00 e. The van der Waals surface area contributed by atoms with Crippen LogP contribution >= 0.6 is 7.82 Å². The van der Waals surface area contributed by atoms with Gasteiger partial charge in [-0.15, -0.1) is 0 Å². The fourth-order valence-electron chi connectivity index (χ4n) is 0.189. The summed E-state index contributed by atoms with van der Waals surface area (Å²) >= 11 is 0. The molecule has 11 heavy (non-hydrogen) atoms. The van der Waals surface area contributed by atoms with Crippen molar-refractivity contribution >= 4 is 30.9 Å². The van der Waals surface area contributed by atoms with Gasteiger partial charge in [0.15, 0.2) is 0 Å². The summed E-state index contributed by atoms with van der Waals surface area (Å²) in [6, 6.07) is 0. The number of rotatable bonds is 4. The Morgan fingerprint density at radius 1 is 1.64 bits per heavy atom. The predicted molar refractivity (Wildman–Crippen MR) is 38.2 cm³/mol. The van der Waals surface area contributed by atoms with E-state index < -0.39 is 7.82 Å². The van der Waals surface area contributed by atoms with E-state index in [9.17, 15) is 4.57 Å². The van der Waals surface area contributed by atoms with Crippen LogP contribution in [0, 0.1) is 0 Å². The van der Waals surface area contributed by atoms with E-state index in [1.54, 1.807) is 0 Å². The van der Waals surface area contributed by atoms with Gasteiger partial charge in [0, 0.05) is 32.6 Å². The number of nitrogens with one attached hydrogen (secondary N) is 1. The minimum absolute atomic E-state index is 0. The fraction of sp³-hybridized carbons (Fsp3) is 1.00. The van der Waals surface area contributed by atoms with E-state index in [1.807, 2.05) is 5.48 Å². The third-order valence-electron chi connectivity index (χ3n) is 0.430. The molecule has 0 fully saturated rings. The molecule has 9 heteroatoms. The van der Waals surface area contributed by atoms with E-state index in [2.05, 4.69) is 4.62 Å². The summed E-state index contributed by atoms with van der Waals surface area (Å²) in [5.74, 6) is 0. The zero-order valence-electron chi connectivity index (χ0n) is 8.06. The number of phosphoric acid groups is 1. The van der Waals surface area contributed by atoms with Crippen molar-refractivity contribution in [3.05, 3.63) is 0 Å². The molecule has 0 unspecified atom stereocenters. The summed E-state index contributed by atoms with van der Waals surface area (Å²) in [5.41, 5.74) is 6.95. The van der Waals surface area contributed by atoms with Crippen molar-refractivity contribution in [2.45, 2.75) is 0 Å². The van der Waals surface area contributed by atoms with Gasteiger partial charge in [0.05, 0.1) is 0 Å². The summed E-state index contributed by atoms with van der Waals surface area (Å²) in [6.07, 6.45) is 0. The number of hydroxylamine groups is 1. The summed E-state index contributed by atoms with van der Waals surface area (Å²) in [4.78, 5) is 16.1. The first-order valence-corrected chi connectivity index (χ1v) is 3.76. The SMILES string of the molecule is NCCNOP(=O)(O)O.[H-].[H-].[Mg+2].[Zn]. The van der Waals surface area contributed by atoms with Gasteiger partial charge in [0.25, 0.3) is 0 Å². The second-order valence-corrected chi connectivity index (χ2v) is 2.43. The Balaban J connectivity index is -0.0000000533. The van der Waals surface area contributed by atoms with Crippen molar-refractivity contribution in [2.75, 3.05) is 13.1 Å². The standard InChI is InChI=1S/C2H9N2O4P.Mg.Zn.2H/c3-1-2-4-8-9(5,6)7;;;;/h4H,1-3H2,(H2,5,6,7);;;;/q;+2;;2*-1. The first kappa shape index (κ1) is 18.3. The van der Waals surface area contributed by atoms with E-state index in [0.717, 1.165) is 0 Å². The maximum atomic E-state index is 9.87. The Labute approximate surface area is 96.3 Å². The number of hydrogen-bond acceptors (Lipinski definition) is 4. The molecule has 6 nitrogen and oxygen atoms in total. The summed E-state index contributed by atoms with van der Waals surface area (Å²) in [6.45, 7) is 0.477. The van der Waals surface area contributed by atoms with Gasteiger partial charge in [-0.3, -0.25) is 0 Å². The molecule has 0 saturated heterocycles. The number of hydrogen-bond donors (Lipinski definition) is 4. The predicted octanol–water partition coefficient (Wildman–Crippen LogP) is -1.60. The molecule has 62 valence electrons. The minimum atomic E-state index is -4.36. The van der Waals surface area contributed by atoms with Crippen molar-refractivity contribution in [1.82, 2.24) is 5.48 Å². The van der Waals surface area contributed by atoms with Gasteiger partial charge in [0.2, 0.25) is 0 Å². The van der Waals surface area contributed by atoms with Gasteiger partial charge in [-0.1, -0.05) is 0 Å². The third-order valence-corrected chi connectivity index (χ3v) is 0.797. The van der Waals surface area contributed by atoms with Crippen LogP contribution in [0.25, 0.3) is 0 Å². The molecular formula is C2H11MgN2O4PZn. The molecule has 0 saturated carbocycles. The molecule has 0 amide bonds. The van der Waals surface area contributed by atoms with Gasteiger partial charge >= 0.3 is 30.9 Å². The molecule has 0 heterocycles. The molecule has 0 aromatic heterocycles. The molecular weight excluding hydrogens is 237 g/mol. The van der Waals surface area contributed by atoms with E-state index >= 15 is 0 Å². The van der Waals surface area contributed by atoms with Gasteiger partial charge in [0.1, 0.15) is 0 Å². The average Bonchev–Trinajstić information content (AvgIpc) is 1.63. The maximum absolute atomic E-state index is 9.87. The van der Waals surface area contributed by atoms with Crippen molar-refractivity contribution < 1.29 is 41.3 Å². The summed E-state index contributed by atoms with van der Waals surface area (Å²) in [5, 5.41) is 0. The minimum Gasteiger partial charge on any atom is -1.00 e. The summed E-state index contributed by atoms with van der Waals surface area (Å²) in [7, 11) is -4.36. The molecule has 0 atom stereocenters. The second kappa shape index (κ2) is 9.51. The van der Waals surface area contributed by atoms with E-state index in [0.29, 0.717) is 0 Å². The molecule has 0 aliphatic carbocycles. The Bertz CT molecular complexity index is 129. The van der Waals surface area contributed by atoms with Crippen LogP contribution in [0.1, 0.15) is 2.85 Å². The van der Waals surface area contributed by atoms with E-state index in [-0.39, 0.29) is 58.5 Å². The molecule has 0 aliphatic heterocycles. The van der Waals surface area contributed by atoms with Gasteiger partial charge in [-0.25, -0.2) is 4.57 Å². The van der Waals surface area contributed by atoms with Crippen LogP contribution in [-0.2, 0) is 28.7 Å². The largest absolute Gasteiger partial charge is 2.00 e. The normalized spacial score (nSPS) is 9.73. The van der Waals surface area contributed by atoms with Crippen LogP contribution in [0.4, 0.5) is 0 Å². The number of nitrogens with two attached hydrogens (primary N) is 1. The zero-order chi connectivity index (χ0) is 7.33. The zero-order valence-corrected chi connectivity index (χ0v) is 11.3. The van der Waals surface area contributed by atoms with Crippen LogP contribution in [-0.4, -0.2) is 45.9 Å². The third kappa shape index (κ3) is 18.4. The van der Waals surface area contributed by atoms with Crippen molar-refractivity contribution in [1.29, 1.82) is 0 Å². The molecule has 5 N–H and O–H groups in total. The van der Waals surface area contributed by atoms with Gasteiger partial charge in [-0.05, 0) is 0 Å². The smallest absolute Gasteiger partial charge is 1.00 e. The van der Waals surface area contributed by atoms with Crippen molar-refractivity contribution in [2.24, 2.45) is 5.73 Å². The van der Waals surface area contributed by atoms with Crippen LogP contribution in [0.3, 0.4) is 0 Å². The molecule has 0 aliphatic rings. The first-order valence-electron chi connectivity index (χ1n) is 2.23. The van der Waals surface area contributed by atoms with Crippen LogP contribution in [0.2, 0.25) is 0 Å². The average molecular weight is 248 g/mol. The Hall–Kier alpha value is 1.42.